The van der Waals surface area contributed by atoms with E-state index in [1.165, 1.54) is 18.4 Å². The van der Waals surface area contributed by atoms with Crippen molar-refractivity contribution in [2.75, 3.05) is 13.1 Å². The van der Waals surface area contributed by atoms with Crippen LogP contribution in [0.1, 0.15) is 76.0 Å². The quantitative estimate of drug-likeness (QED) is 0.611. The fourth-order valence-electron chi connectivity index (χ4n) is 5.43. The van der Waals surface area contributed by atoms with Gasteiger partial charge in [0, 0.05) is 11.4 Å². The zero-order chi connectivity index (χ0) is 22.7. The molecule has 1 aliphatic carbocycles. The van der Waals surface area contributed by atoms with Crippen LogP contribution in [0.15, 0.2) is 30.3 Å². The number of hydrogen-bond acceptors (Lipinski definition) is 4. The Bertz CT molecular complexity index is 996. The molecular weight excluding hydrogens is 400 g/mol. The maximum atomic E-state index is 11.3. The molecule has 2 fully saturated rings. The van der Waals surface area contributed by atoms with Gasteiger partial charge >= 0.3 is 5.97 Å². The van der Waals surface area contributed by atoms with E-state index >= 15 is 0 Å². The Morgan fingerprint density at radius 2 is 1.84 bits per heavy atom. The minimum absolute atomic E-state index is 0.192. The Morgan fingerprint density at radius 3 is 2.47 bits per heavy atom. The van der Waals surface area contributed by atoms with E-state index in [1.807, 2.05) is 6.07 Å². The van der Waals surface area contributed by atoms with Gasteiger partial charge in [-0.25, -0.2) is 0 Å². The van der Waals surface area contributed by atoms with Crippen LogP contribution in [0, 0.1) is 23.2 Å². The number of piperidine rings is 1. The molecule has 0 amide bonds. The lowest BCUT2D eigenvalue weighted by molar-refractivity contribution is -0.143. The van der Waals surface area contributed by atoms with E-state index in [4.69, 9.17) is 4.74 Å². The Balaban J connectivity index is 1.59. The fraction of sp³-hybridized carbons (Fsp3) is 0.556. The van der Waals surface area contributed by atoms with Crippen molar-refractivity contribution in [3.63, 3.8) is 0 Å². The van der Waals surface area contributed by atoms with Gasteiger partial charge in [-0.05, 0) is 87.0 Å². The van der Waals surface area contributed by atoms with Crippen LogP contribution in [0.5, 0.6) is 5.75 Å². The molecule has 1 atom stereocenters. The van der Waals surface area contributed by atoms with Gasteiger partial charge in [-0.3, -0.25) is 9.69 Å². The van der Waals surface area contributed by atoms with Gasteiger partial charge in [0.2, 0.25) is 0 Å². The molecule has 1 N–H and O–H groups in total. The van der Waals surface area contributed by atoms with E-state index in [1.54, 1.807) is 0 Å². The molecule has 1 saturated heterocycles. The van der Waals surface area contributed by atoms with Gasteiger partial charge in [-0.1, -0.05) is 32.0 Å². The van der Waals surface area contributed by atoms with Gasteiger partial charge in [-0.15, -0.1) is 0 Å². The maximum absolute atomic E-state index is 11.3. The molecule has 4 rings (SSSR count). The molecule has 2 aliphatic rings. The summed E-state index contributed by atoms with van der Waals surface area (Å²) < 4.78 is 6.32. The number of ether oxygens (including phenoxy) is 1. The average Bonchev–Trinajstić information content (AvgIpc) is 2.81. The first-order chi connectivity index (χ1) is 15.5. The van der Waals surface area contributed by atoms with Crippen LogP contribution in [-0.2, 0) is 4.79 Å². The lowest BCUT2D eigenvalue weighted by atomic mass is 9.89. The zero-order valence-corrected chi connectivity index (χ0v) is 19.2. The molecule has 1 saturated carbocycles. The molecule has 2 aromatic carbocycles. The number of rotatable bonds is 6. The van der Waals surface area contributed by atoms with Crippen molar-refractivity contribution in [1.29, 1.82) is 5.26 Å². The molecule has 32 heavy (non-hydrogen) atoms. The summed E-state index contributed by atoms with van der Waals surface area (Å²) in [4.78, 5) is 13.7. The molecule has 5 nitrogen and oxygen atoms in total. The molecule has 1 heterocycles. The van der Waals surface area contributed by atoms with Crippen molar-refractivity contribution in [3.8, 4) is 11.8 Å². The van der Waals surface area contributed by atoms with Crippen LogP contribution in [0.25, 0.3) is 10.8 Å². The number of hydrogen-bond donors (Lipinski definition) is 1. The Kier molecular flexibility index (Phi) is 7.01. The predicted molar refractivity (Wildman–Crippen MR) is 126 cm³/mol. The minimum atomic E-state index is -0.679. The zero-order valence-electron chi connectivity index (χ0n) is 19.2. The van der Waals surface area contributed by atoms with Crippen molar-refractivity contribution in [2.45, 2.75) is 70.9 Å². The minimum Gasteiger partial charge on any atom is -0.489 e. The molecule has 1 aliphatic heterocycles. The summed E-state index contributed by atoms with van der Waals surface area (Å²) in [5, 5.41) is 21.3. The van der Waals surface area contributed by atoms with Crippen LogP contribution in [0.4, 0.5) is 0 Å². The number of aliphatic carboxylic acids is 1. The SMILES string of the molecule is CCC(c1ccc2ccc(OC3CCC(C)CC3)c(C#N)c2c1)N1CCC(C(=O)O)CC1. The topological polar surface area (TPSA) is 73.6 Å². The number of carboxylic acid groups (broad SMARTS) is 1. The maximum Gasteiger partial charge on any atom is 0.306 e. The number of fused-ring (bicyclic) bond motifs is 1. The van der Waals surface area contributed by atoms with Crippen LogP contribution in [0.3, 0.4) is 0 Å². The smallest absolute Gasteiger partial charge is 0.306 e. The molecule has 0 radical (unpaired) electrons. The number of nitrogens with zero attached hydrogens (tertiary/aromatic N) is 2. The Labute approximate surface area is 191 Å². The van der Waals surface area contributed by atoms with E-state index in [-0.39, 0.29) is 18.1 Å². The van der Waals surface area contributed by atoms with Crippen molar-refractivity contribution >= 4 is 16.7 Å². The Hall–Kier alpha value is -2.58. The normalized spacial score (nSPS) is 23.5. The first-order valence-electron chi connectivity index (χ1n) is 12.1. The van der Waals surface area contributed by atoms with Crippen LogP contribution in [-0.4, -0.2) is 35.2 Å². The van der Waals surface area contributed by atoms with Crippen molar-refractivity contribution in [3.05, 3.63) is 41.5 Å². The summed E-state index contributed by atoms with van der Waals surface area (Å²) in [6.45, 7) is 6.06. The number of carbonyl (C=O) groups is 1. The molecule has 0 bridgehead atoms. The summed E-state index contributed by atoms with van der Waals surface area (Å²) in [5.41, 5.74) is 1.82. The van der Waals surface area contributed by atoms with Gasteiger partial charge in [0.15, 0.2) is 0 Å². The summed E-state index contributed by atoms with van der Waals surface area (Å²) >= 11 is 0. The van der Waals surface area contributed by atoms with Crippen molar-refractivity contribution in [2.24, 2.45) is 11.8 Å². The molecular formula is C27H34N2O3. The summed E-state index contributed by atoms with van der Waals surface area (Å²) in [7, 11) is 0. The summed E-state index contributed by atoms with van der Waals surface area (Å²) in [6.07, 6.45) is 6.99. The van der Waals surface area contributed by atoms with Crippen LogP contribution in [0.2, 0.25) is 0 Å². The largest absolute Gasteiger partial charge is 0.489 e. The molecule has 2 aromatic rings. The highest BCUT2D eigenvalue weighted by Crippen LogP contribution is 2.35. The van der Waals surface area contributed by atoms with Crippen molar-refractivity contribution in [1.82, 2.24) is 4.90 Å². The number of benzene rings is 2. The number of likely N-dealkylation sites (tertiary alicyclic amines) is 1. The van der Waals surface area contributed by atoms with Crippen LogP contribution >= 0.6 is 0 Å². The predicted octanol–water partition coefficient (Wildman–Crippen LogP) is 5.92. The third kappa shape index (κ3) is 4.76. The van der Waals surface area contributed by atoms with E-state index in [0.29, 0.717) is 24.2 Å². The summed E-state index contributed by atoms with van der Waals surface area (Å²) in [6, 6.07) is 13.1. The number of nitriles is 1. The monoisotopic (exact) mass is 434 g/mol. The third-order valence-corrected chi connectivity index (χ3v) is 7.47. The van der Waals surface area contributed by atoms with Gasteiger partial charge in [0.1, 0.15) is 17.4 Å². The average molecular weight is 435 g/mol. The third-order valence-electron chi connectivity index (χ3n) is 7.47. The highest BCUT2D eigenvalue weighted by molar-refractivity contribution is 5.90. The van der Waals surface area contributed by atoms with Crippen LogP contribution < -0.4 is 4.74 Å². The first kappa shape index (κ1) is 22.6. The molecule has 0 aromatic heterocycles. The second-order valence-corrected chi connectivity index (χ2v) is 9.60. The fourth-order valence-corrected chi connectivity index (χ4v) is 5.43. The number of carboxylic acids is 1. The van der Waals surface area contributed by atoms with Gasteiger partial charge in [0.25, 0.3) is 0 Å². The molecule has 1 unspecified atom stereocenters. The summed E-state index contributed by atoms with van der Waals surface area (Å²) in [5.74, 6) is 0.554. The van der Waals surface area contributed by atoms with Gasteiger partial charge in [0.05, 0.1) is 12.0 Å². The lowest BCUT2D eigenvalue weighted by Gasteiger charge is -2.36. The Morgan fingerprint density at radius 1 is 1.16 bits per heavy atom. The van der Waals surface area contributed by atoms with E-state index in [0.717, 1.165) is 49.0 Å². The highest BCUT2D eigenvalue weighted by atomic mass is 16.5. The van der Waals surface area contributed by atoms with Gasteiger partial charge < -0.3 is 9.84 Å². The van der Waals surface area contributed by atoms with E-state index in [9.17, 15) is 15.2 Å². The van der Waals surface area contributed by atoms with E-state index in [2.05, 4.69) is 49.1 Å². The molecule has 0 spiro atoms. The highest BCUT2D eigenvalue weighted by Gasteiger charge is 2.29. The van der Waals surface area contributed by atoms with Crippen molar-refractivity contribution < 1.29 is 14.6 Å². The molecule has 170 valence electrons. The van der Waals surface area contributed by atoms with E-state index < -0.39 is 5.97 Å². The standard InChI is InChI=1S/C27H34N2O3/c1-3-25(29-14-12-20(13-15-29)27(30)31)21-7-6-19-8-11-26(24(17-28)23(19)16-21)32-22-9-4-18(2)5-10-22/h6-8,11,16,18,20,22,25H,3-5,9-10,12-15H2,1-2H3,(H,30,31). The van der Waals surface area contributed by atoms with Gasteiger partial charge in [-0.2, -0.15) is 5.26 Å². The lowest BCUT2D eigenvalue weighted by Crippen LogP contribution is -2.38. The molecule has 5 heteroatoms. The second-order valence-electron chi connectivity index (χ2n) is 9.60. The second kappa shape index (κ2) is 9.92. The first-order valence-corrected chi connectivity index (χ1v) is 12.1.